The number of hydrogen-bond acceptors (Lipinski definition) is 6. The van der Waals surface area contributed by atoms with Gasteiger partial charge in [-0.05, 0) is 61.1 Å². The number of hydrazone groups is 1. The van der Waals surface area contributed by atoms with Crippen LogP contribution in [-0.4, -0.2) is 42.4 Å². The first-order chi connectivity index (χ1) is 19.1. The predicted octanol–water partition coefficient (Wildman–Crippen LogP) is 5.83. The number of amides is 1. The van der Waals surface area contributed by atoms with Gasteiger partial charge in [0.2, 0.25) is 0 Å². The molecule has 1 amide bonds. The van der Waals surface area contributed by atoms with Gasteiger partial charge in [-0.2, -0.15) is 5.10 Å². The van der Waals surface area contributed by atoms with Gasteiger partial charge in [0.15, 0.2) is 24.7 Å². The third-order valence-corrected chi connectivity index (χ3v) is 6.89. The number of nitrogens with zero attached hydrogens (tertiary/aromatic N) is 2. The Morgan fingerprint density at radius 1 is 0.897 bits per heavy atom. The Kier molecular flexibility index (Phi) is 8.36. The van der Waals surface area contributed by atoms with E-state index in [-0.39, 0.29) is 24.5 Å². The first-order valence-electron chi connectivity index (χ1n) is 13.4. The van der Waals surface area contributed by atoms with E-state index >= 15 is 0 Å². The molecule has 0 radical (unpaired) electrons. The number of carbonyl (C=O) groups is 2. The summed E-state index contributed by atoms with van der Waals surface area (Å²) in [5, 5.41) is 6.35. The average molecular weight is 525 g/mol. The van der Waals surface area contributed by atoms with E-state index in [0.717, 1.165) is 41.7 Å². The molecule has 0 unspecified atom stereocenters. The quantitative estimate of drug-likeness (QED) is 0.329. The summed E-state index contributed by atoms with van der Waals surface area (Å²) in [6.07, 6.45) is 5.02. The molecular weight excluding hydrogens is 492 g/mol. The molecule has 39 heavy (non-hydrogen) atoms. The van der Waals surface area contributed by atoms with E-state index in [1.165, 1.54) is 5.01 Å². The second-order valence-electron chi connectivity index (χ2n) is 9.49. The molecular formula is C32H32N2O5. The van der Waals surface area contributed by atoms with Gasteiger partial charge in [-0.25, -0.2) is 9.80 Å². The van der Waals surface area contributed by atoms with Crippen LogP contribution in [0.15, 0.2) is 95.6 Å². The smallest absolute Gasteiger partial charge is 0.344 e. The van der Waals surface area contributed by atoms with Crippen LogP contribution in [0.5, 0.6) is 11.5 Å². The van der Waals surface area contributed by atoms with Crippen LogP contribution in [0.4, 0.5) is 0 Å². The Morgan fingerprint density at radius 3 is 2.28 bits per heavy atom. The van der Waals surface area contributed by atoms with E-state index in [1.54, 1.807) is 18.2 Å². The van der Waals surface area contributed by atoms with Gasteiger partial charge in [0.05, 0.1) is 18.4 Å². The summed E-state index contributed by atoms with van der Waals surface area (Å²) in [6, 6.07) is 27.0. The van der Waals surface area contributed by atoms with Crippen molar-refractivity contribution in [2.75, 3.05) is 19.8 Å². The molecule has 1 heterocycles. The highest BCUT2D eigenvalue weighted by Gasteiger charge is 2.43. The second kappa shape index (κ2) is 12.4. The molecule has 0 saturated heterocycles. The molecule has 3 aromatic carbocycles. The molecule has 0 aromatic heterocycles. The highest BCUT2D eigenvalue weighted by molar-refractivity contribution is 6.08. The Bertz CT molecular complexity index is 1350. The fourth-order valence-electron chi connectivity index (χ4n) is 5.17. The highest BCUT2D eigenvalue weighted by Crippen LogP contribution is 2.44. The van der Waals surface area contributed by atoms with Gasteiger partial charge in [-0.15, -0.1) is 0 Å². The van der Waals surface area contributed by atoms with Gasteiger partial charge >= 0.3 is 5.97 Å². The van der Waals surface area contributed by atoms with Crippen LogP contribution in [-0.2, 0) is 14.3 Å². The molecule has 3 aromatic rings. The molecule has 2 atom stereocenters. The Balaban J connectivity index is 1.30. The molecule has 1 aliphatic heterocycles. The normalized spacial score (nSPS) is 19.3. The Labute approximate surface area is 228 Å². The lowest BCUT2D eigenvalue weighted by molar-refractivity contribution is -0.154. The second-order valence-corrected chi connectivity index (χ2v) is 9.49. The van der Waals surface area contributed by atoms with Crippen LogP contribution in [0, 0.1) is 5.92 Å². The lowest BCUT2D eigenvalue weighted by atomic mass is 9.77. The van der Waals surface area contributed by atoms with Crippen molar-refractivity contribution in [2.24, 2.45) is 11.0 Å². The van der Waals surface area contributed by atoms with Gasteiger partial charge in [0.1, 0.15) is 0 Å². The van der Waals surface area contributed by atoms with Crippen LogP contribution >= 0.6 is 0 Å². The topological polar surface area (TPSA) is 77.4 Å². The summed E-state index contributed by atoms with van der Waals surface area (Å²) in [7, 11) is 0. The number of hydrogen-bond donors (Lipinski definition) is 0. The van der Waals surface area contributed by atoms with Gasteiger partial charge in [0.25, 0.3) is 5.91 Å². The van der Waals surface area contributed by atoms with Crippen molar-refractivity contribution in [1.82, 2.24) is 5.01 Å². The lowest BCUT2D eigenvalue weighted by Gasteiger charge is -2.29. The molecule has 1 fully saturated rings. The van der Waals surface area contributed by atoms with Crippen molar-refractivity contribution in [3.8, 4) is 11.5 Å². The molecule has 1 aliphatic carbocycles. The summed E-state index contributed by atoms with van der Waals surface area (Å²) in [5.74, 6) is 0.0610. The van der Waals surface area contributed by atoms with E-state index < -0.39 is 12.6 Å². The standard InChI is InChI=1S/C32H32N2O5/c1-2-37-27-18-9-10-19-28(27)38-22-30(36)39-21-29(35)34-32(24-14-7-4-8-15-24)26-17-11-16-25(31(26)33-34)20-23-12-5-3-6-13-23/h3-10,12-15,18-20,26,32H,2,11,16-17,21-22H2,1H3/b25-20+/t26-,32-/m0/s1. The Hall–Kier alpha value is -4.39. The number of ether oxygens (including phenoxy) is 3. The van der Waals surface area contributed by atoms with E-state index in [1.807, 2.05) is 61.5 Å². The molecule has 7 nitrogen and oxygen atoms in total. The molecule has 1 saturated carbocycles. The average Bonchev–Trinajstić information content (AvgIpc) is 3.37. The maximum atomic E-state index is 13.4. The molecule has 2 aliphatic rings. The first-order valence-corrected chi connectivity index (χ1v) is 13.4. The van der Waals surface area contributed by atoms with Crippen molar-refractivity contribution in [3.05, 3.63) is 102 Å². The van der Waals surface area contributed by atoms with Crippen molar-refractivity contribution in [3.63, 3.8) is 0 Å². The lowest BCUT2D eigenvalue weighted by Crippen LogP contribution is -2.35. The largest absolute Gasteiger partial charge is 0.490 e. The Morgan fingerprint density at radius 2 is 1.56 bits per heavy atom. The fourth-order valence-corrected chi connectivity index (χ4v) is 5.17. The van der Waals surface area contributed by atoms with Crippen molar-refractivity contribution < 1.29 is 23.8 Å². The maximum absolute atomic E-state index is 13.4. The number of benzene rings is 3. The van der Waals surface area contributed by atoms with Crippen molar-refractivity contribution in [1.29, 1.82) is 0 Å². The number of allylic oxidation sites excluding steroid dienone is 1. The zero-order valence-corrected chi connectivity index (χ0v) is 22.0. The molecule has 0 spiro atoms. The number of carbonyl (C=O) groups excluding carboxylic acids is 2. The number of para-hydroxylation sites is 2. The SMILES string of the molecule is CCOc1ccccc1OCC(=O)OCC(=O)N1N=C2/C(=C/c3ccccc3)CCC[C@@H]2[C@@H]1c1ccccc1. The van der Waals surface area contributed by atoms with Gasteiger partial charge in [-0.3, -0.25) is 4.79 Å². The van der Waals surface area contributed by atoms with E-state index in [2.05, 4.69) is 18.2 Å². The van der Waals surface area contributed by atoms with Crippen LogP contribution in [0.1, 0.15) is 43.4 Å². The summed E-state index contributed by atoms with van der Waals surface area (Å²) in [5.41, 5.74) is 4.20. The van der Waals surface area contributed by atoms with Crippen molar-refractivity contribution >= 4 is 23.7 Å². The van der Waals surface area contributed by atoms with Crippen LogP contribution < -0.4 is 9.47 Å². The van der Waals surface area contributed by atoms with Crippen molar-refractivity contribution in [2.45, 2.75) is 32.2 Å². The predicted molar refractivity (Wildman–Crippen MR) is 149 cm³/mol. The monoisotopic (exact) mass is 524 g/mol. The molecule has 7 heteroatoms. The first kappa shape index (κ1) is 26.2. The summed E-state index contributed by atoms with van der Waals surface area (Å²) in [6.45, 7) is 1.60. The molecule has 0 bridgehead atoms. The zero-order valence-electron chi connectivity index (χ0n) is 22.0. The number of rotatable bonds is 9. The minimum Gasteiger partial charge on any atom is -0.490 e. The minimum atomic E-state index is -0.639. The zero-order chi connectivity index (χ0) is 27.0. The van der Waals surface area contributed by atoms with Gasteiger partial charge in [-0.1, -0.05) is 72.8 Å². The van der Waals surface area contributed by atoms with E-state index in [0.29, 0.717) is 18.1 Å². The summed E-state index contributed by atoms with van der Waals surface area (Å²) in [4.78, 5) is 25.9. The van der Waals surface area contributed by atoms with Gasteiger partial charge < -0.3 is 14.2 Å². The fraction of sp³-hybridized carbons (Fsp3) is 0.281. The van der Waals surface area contributed by atoms with Crippen LogP contribution in [0.2, 0.25) is 0 Å². The maximum Gasteiger partial charge on any atom is 0.344 e. The number of esters is 1. The van der Waals surface area contributed by atoms with E-state index in [9.17, 15) is 9.59 Å². The molecule has 5 rings (SSSR count). The summed E-state index contributed by atoms with van der Waals surface area (Å²) >= 11 is 0. The highest BCUT2D eigenvalue weighted by atomic mass is 16.6. The van der Waals surface area contributed by atoms with Crippen LogP contribution in [0.25, 0.3) is 6.08 Å². The van der Waals surface area contributed by atoms with Crippen LogP contribution in [0.3, 0.4) is 0 Å². The molecule has 200 valence electrons. The third kappa shape index (κ3) is 6.20. The third-order valence-electron chi connectivity index (χ3n) is 6.89. The minimum absolute atomic E-state index is 0.0779. The number of fused-ring (bicyclic) bond motifs is 1. The van der Waals surface area contributed by atoms with Gasteiger partial charge in [0, 0.05) is 5.92 Å². The molecule has 0 N–H and O–H groups in total. The van der Waals surface area contributed by atoms with E-state index in [4.69, 9.17) is 19.3 Å². The summed E-state index contributed by atoms with van der Waals surface area (Å²) < 4.78 is 16.4.